The zero-order chi connectivity index (χ0) is 21.1. The number of nitrogens with one attached hydrogen (secondary N) is 1. The number of aromatic nitrogens is 1. The van der Waals surface area contributed by atoms with Crippen LogP contribution in [0, 0.1) is 3.57 Å². The van der Waals surface area contributed by atoms with Gasteiger partial charge < -0.3 is 5.11 Å². The van der Waals surface area contributed by atoms with Gasteiger partial charge in [0, 0.05) is 10.9 Å². The molecule has 0 saturated heterocycles. The summed E-state index contributed by atoms with van der Waals surface area (Å²) in [6, 6.07) is 22.5. The first-order valence-electron chi connectivity index (χ1n) is 8.99. The van der Waals surface area contributed by atoms with Crippen molar-refractivity contribution in [2.45, 2.75) is 0 Å². The van der Waals surface area contributed by atoms with Gasteiger partial charge in [0.05, 0.1) is 31.0 Å². The minimum atomic E-state index is -0.324. The first kappa shape index (κ1) is 20.5. The number of pyridine rings is 1. The van der Waals surface area contributed by atoms with E-state index in [2.05, 4.69) is 26.5 Å². The molecule has 30 heavy (non-hydrogen) atoms. The van der Waals surface area contributed by atoms with Crippen LogP contribution in [0.2, 0.25) is 0 Å². The van der Waals surface area contributed by atoms with E-state index in [1.807, 2.05) is 77.2 Å². The lowest BCUT2D eigenvalue weighted by molar-refractivity contribution is 0.0956. The number of benzene rings is 3. The van der Waals surface area contributed by atoms with Crippen LogP contribution in [0.15, 0.2) is 82.4 Å². The molecule has 0 aliphatic heterocycles. The fraction of sp³-hybridized carbons (Fsp3) is 0. The van der Waals surface area contributed by atoms with Gasteiger partial charge in [0.25, 0.3) is 5.91 Å². The van der Waals surface area contributed by atoms with E-state index >= 15 is 0 Å². The Morgan fingerprint density at radius 2 is 1.80 bits per heavy atom. The van der Waals surface area contributed by atoms with E-state index in [0.29, 0.717) is 13.6 Å². The van der Waals surface area contributed by atoms with E-state index in [-0.39, 0.29) is 11.7 Å². The van der Waals surface area contributed by atoms with Gasteiger partial charge in [-0.05, 0) is 68.3 Å². The summed E-state index contributed by atoms with van der Waals surface area (Å²) in [7, 11) is 0. The predicted octanol–water partition coefficient (Wildman–Crippen LogP) is 5.74. The minimum absolute atomic E-state index is 0.175. The molecule has 1 amide bonds. The first-order valence-corrected chi connectivity index (χ1v) is 10.9. The van der Waals surface area contributed by atoms with Crippen molar-refractivity contribution in [1.29, 1.82) is 0 Å². The number of fused-ring (bicyclic) bond motifs is 1. The molecule has 7 heteroatoms. The Morgan fingerprint density at radius 1 is 1.07 bits per heavy atom. The molecule has 0 spiro atoms. The number of hydrogen-bond acceptors (Lipinski definition) is 4. The van der Waals surface area contributed by atoms with E-state index in [0.717, 1.165) is 27.7 Å². The van der Waals surface area contributed by atoms with Crippen molar-refractivity contribution in [3.05, 3.63) is 92.0 Å². The number of nitrogens with zero attached hydrogens (tertiary/aromatic N) is 2. The van der Waals surface area contributed by atoms with Gasteiger partial charge in [0.2, 0.25) is 0 Å². The minimum Gasteiger partial charge on any atom is -0.506 e. The Bertz CT molecular complexity index is 1250. The normalized spacial score (nSPS) is 11.1. The molecular weight excluding hydrogens is 557 g/mol. The number of carbonyl (C=O) groups is 1. The zero-order valence-corrected chi connectivity index (χ0v) is 19.3. The first-order chi connectivity index (χ1) is 14.5. The summed E-state index contributed by atoms with van der Waals surface area (Å²) in [6.07, 6.45) is 1.53. The van der Waals surface area contributed by atoms with Crippen LogP contribution in [-0.4, -0.2) is 22.2 Å². The summed E-state index contributed by atoms with van der Waals surface area (Å²) >= 11 is 5.33. The van der Waals surface area contributed by atoms with E-state index in [4.69, 9.17) is 4.98 Å². The van der Waals surface area contributed by atoms with Gasteiger partial charge >= 0.3 is 0 Å². The maximum absolute atomic E-state index is 12.9. The molecule has 4 aromatic rings. The maximum atomic E-state index is 12.9. The number of phenolic OH excluding ortho intramolecular Hbond substituents is 1. The smallest absolute Gasteiger partial charge is 0.272 e. The number of amides is 1. The van der Waals surface area contributed by atoms with Crippen molar-refractivity contribution < 1.29 is 9.90 Å². The van der Waals surface area contributed by atoms with Crippen molar-refractivity contribution in [3.63, 3.8) is 0 Å². The van der Waals surface area contributed by atoms with E-state index in [1.54, 1.807) is 18.2 Å². The molecule has 0 aliphatic carbocycles. The summed E-state index contributed by atoms with van der Waals surface area (Å²) in [5.74, 6) is -0.150. The standard InChI is InChI=1S/C23H15BrIN3O2/c24-18-10-14(11-19(25)22(18)29)13-26-28-23(30)17-12-21(15-6-2-1-3-7-15)27-20-9-5-4-8-16(17)20/h1-13,29H,(H,28,30)/b26-13+. The van der Waals surface area contributed by atoms with Crippen LogP contribution in [0.3, 0.4) is 0 Å². The monoisotopic (exact) mass is 571 g/mol. The van der Waals surface area contributed by atoms with Gasteiger partial charge in [-0.2, -0.15) is 5.10 Å². The van der Waals surface area contributed by atoms with Crippen molar-refractivity contribution in [1.82, 2.24) is 10.4 Å². The highest BCUT2D eigenvalue weighted by atomic mass is 127. The lowest BCUT2D eigenvalue weighted by Gasteiger charge is -2.09. The van der Waals surface area contributed by atoms with Crippen LogP contribution in [0.4, 0.5) is 0 Å². The van der Waals surface area contributed by atoms with Crippen molar-refractivity contribution in [3.8, 4) is 17.0 Å². The summed E-state index contributed by atoms with van der Waals surface area (Å²) in [6.45, 7) is 0. The van der Waals surface area contributed by atoms with Crippen LogP contribution in [0.5, 0.6) is 5.75 Å². The molecule has 148 valence electrons. The van der Waals surface area contributed by atoms with Gasteiger partial charge in [-0.15, -0.1) is 0 Å². The average Bonchev–Trinajstić information content (AvgIpc) is 2.77. The van der Waals surface area contributed by atoms with Crippen molar-refractivity contribution in [2.75, 3.05) is 0 Å². The highest BCUT2D eigenvalue weighted by molar-refractivity contribution is 14.1. The molecule has 1 heterocycles. The molecule has 0 saturated carbocycles. The predicted molar refractivity (Wildman–Crippen MR) is 131 cm³/mol. The number of hydrogen-bond donors (Lipinski definition) is 2. The third-order valence-corrected chi connectivity index (χ3v) is 5.88. The number of hydrazone groups is 1. The molecule has 3 aromatic carbocycles. The SMILES string of the molecule is O=C(N/N=C/c1cc(Br)c(O)c(I)c1)c1cc(-c2ccccc2)nc2ccccc12. The number of phenols is 1. The molecule has 0 unspecified atom stereocenters. The van der Waals surface area contributed by atoms with Gasteiger partial charge in [-0.25, -0.2) is 10.4 Å². The lowest BCUT2D eigenvalue weighted by atomic mass is 10.0. The van der Waals surface area contributed by atoms with Crippen LogP contribution < -0.4 is 5.43 Å². The van der Waals surface area contributed by atoms with E-state index in [9.17, 15) is 9.90 Å². The number of rotatable bonds is 4. The molecule has 0 aliphatic rings. The molecule has 1 aromatic heterocycles. The average molecular weight is 572 g/mol. The van der Waals surface area contributed by atoms with Gasteiger partial charge in [-0.3, -0.25) is 4.79 Å². The van der Waals surface area contributed by atoms with Crippen molar-refractivity contribution >= 4 is 61.5 Å². The van der Waals surface area contributed by atoms with E-state index < -0.39 is 0 Å². The molecule has 4 rings (SSSR count). The number of para-hydroxylation sites is 1. The number of halogens is 2. The van der Waals surface area contributed by atoms with Crippen LogP contribution >= 0.6 is 38.5 Å². The van der Waals surface area contributed by atoms with Gasteiger partial charge in [0.15, 0.2) is 0 Å². The molecule has 2 N–H and O–H groups in total. The zero-order valence-electron chi connectivity index (χ0n) is 15.5. The summed E-state index contributed by atoms with van der Waals surface area (Å²) < 4.78 is 1.25. The quantitative estimate of drug-likeness (QED) is 0.186. The topological polar surface area (TPSA) is 74.6 Å². The highest BCUT2D eigenvalue weighted by Gasteiger charge is 2.13. The van der Waals surface area contributed by atoms with Crippen LogP contribution in [0.25, 0.3) is 22.2 Å². The second-order valence-corrected chi connectivity index (χ2v) is 8.49. The third kappa shape index (κ3) is 4.36. The highest BCUT2D eigenvalue weighted by Crippen LogP contribution is 2.30. The van der Waals surface area contributed by atoms with E-state index in [1.165, 1.54) is 6.21 Å². The molecule has 0 atom stereocenters. The Hall–Kier alpha value is -2.78. The lowest BCUT2D eigenvalue weighted by Crippen LogP contribution is -2.18. The Labute approximate surface area is 195 Å². The van der Waals surface area contributed by atoms with Crippen LogP contribution in [-0.2, 0) is 0 Å². The van der Waals surface area contributed by atoms with Crippen molar-refractivity contribution in [2.24, 2.45) is 5.10 Å². The molecule has 5 nitrogen and oxygen atoms in total. The molecular formula is C23H15BrIN3O2. The number of aromatic hydroxyl groups is 1. The van der Waals surface area contributed by atoms with Crippen LogP contribution in [0.1, 0.15) is 15.9 Å². The summed E-state index contributed by atoms with van der Waals surface area (Å²) in [4.78, 5) is 17.6. The second-order valence-electron chi connectivity index (χ2n) is 6.47. The second kappa shape index (κ2) is 8.93. The largest absolute Gasteiger partial charge is 0.506 e. The summed E-state index contributed by atoms with van der Waals surface area (Å²) in [5, 5.41) is 14.7. The molecule has 0 bridgehead atoms. The molecule has 0 fully saturated rings. The fourth-order valence-electron chi connectivity index (χ4n) is 3.01. The Morgan fingerprint density at radius 3 is 2.57 bits per heavy atom. The molecule has 0 radical (unpaired) electrons. The fourth-order valence-corrected chi connectivity index (χ4v) is 4.50. The van der Waals surface area contributed by atoms with Gasteiger partial charge in [-0.1, -0.05) is 48.5 Å². The number of carbonyl (C=O) groups excluding carboxylic acids is 1. The maximum Gasteiger partial charge on any atom is 0.272 e. The Kier molecular flexibility index (Phi) is 6.10. The van der Waals surface area contributed by atoms with Gasteiger partial charge in [0.1, 0.15) is 5.75 Å². The summed E-state index contributed by atoms with van der Waals surface area (Å²) in [5.41, 5.74) is 6.23. The Balaban J connectivity index is 1.66. The third-order valence-electron chi connectivity index (χ3n) is 4.45.